The second-order valence-corrected chi connectivity index (χ2v) is 8.87. The highest BCUT2D eigenvalue weighted by Crippen LogP contribution is 2.25. The smallest absolute Gasteiger partial charge is 0.321 e. The number of nitrogens with zero attached hydrogens (tertiary/aromatic N) is 4. The van der Waals surface area contributed by atoms with Crippen molar-refractivity contribution in [2.45, 2.75) is 25.2 Å². The van der Waals surface area contributed by atoms with Crippen molar-refractivity contribution in [3.63, 3.8) is 0 Å². The Morgan fingerprint density at radius 3 is 2.52 bits per heavy atom. The Morgan fingerprint density at radius 2 is 1.86 bits per heavy atom. The van der Waals surface area contributed by atoms with Crippen LogP contribution in [0, 0.1) is 13.8 Å². The Hall–Kier alpha value is -2.59. The third-order valence-electron chi connectivity index (χ3n) is 5.13. The van der Waals surface area contributed by atoms with Crippen molar-refractivity contribution in [1.82, 2.24) is 19.0 Å². The standard InChI is InChI=1S/C19H27N5O4S/c1-14-18(15(2)22(3)21-14)29(26,27)24-11-7-10-23(12-13-24)19(25)20-16-8-5-6-9-17(16)28-4/h5-6,8-9H,7,10-13H2,1-4H3,(H,20,25). The maximum absolute atomic E-state index is 13.2. The molecule has 158 valence electrons. The number of aromatic nitrogens is 2. The molecule has 2 heterocycles. The molecule has 1 aliphatic heterocycles. The number of hydrogen-bond donors (Lipinski definition) is 1. The van der Waals surface area contributed by atoms with Gasteiger partial charge in [0.05, 0.1) is 24.2 Å². The number of amides is 2. The van der Waals surface area contributed by atoms with Crippen LogP contribution < -0.4 is 10.1 Å². The predicted molar refractivity (Wildman–Crippen MR) is 110 cm³/mol. The van der Waals surface area contributed by atoms with Crippen LogP contribution in [0.2, 0.25) is 0 Å². The van der Waals surface area contributed by atoms with E-state index in [1.165, 1.54) is 4.31 Å². The number of carbonyl (C=O) groups is 1. The van der Waals surface area contributed by atoms with Crippen LogP contribution in [-0.2, 0) is 17.1 Å². The highest BCUT2D eigenvalue weighted by Gasteiger charge is 2.32. The number of hydrogen-bond acceptors (Lipinski definition) is 5. The fraction of sp³-hybridized carbons (Fsp3) is 0.474. The summed E-state index contributed by atoms with van der Waals surface area (Å²) in [5.41, 5.74) is 1.67. The molecule has 2 amide bonds. The molecule has 9 nitrogen and oxygen atoms in total. The Bertz CT molecular complexity index is 1000. The van der Waals surface area contributed by atoms with E-state index >= 15 is 0 Å². The molecule has 0 saturated carbocycles. The number of anilines is 1. The fourth-order valence-electron chi connectivity index (χ4n) is 3.54. The van der Waals surface area contributed by atoms with E-state index in [2.05, 4.69) is 10.4 Å². The summed E-state index contributed by atoms with van der Waals surface area (Å²) < 4.78 is 34.7. The van der Waals surface area contributed by atoms with E-state index in [-0.39, 0.29) is 17.5 Å². The molecule has 1 fully saturated rings. The topological polar surface area (TPSA) is 96.8 Å². The molecule has 1 aliphatic rings. The number of ether oxygens (including phenoxy) is 1. The number of carbonyl (C=O) groups excluding carboxylic acids is 1. The fourth-order valence-corrected chi connectivity index (χ4v) is 5.41. The minimum atomic E-state index is -3.67. The molecule has 0 spiro atoms. The normalized spacial score (nSPS) is 15.8. The largest absolute Gasteiger partial charge is 0.495 e. The van der Waals surface area contributed by atoms with Gasteiger partial charge in [0.1, 0.15) is 10.6 Å². The summed E-state index contributed by atoms with van der Waals surface area (Å²) in [5, 5.41) is 7.07. The third kappa shape index (κ3) is 4.23. The van der Waals surface area contributed by atoms with Crippen molar-refractivity contribution in [2.24, 2.45) is 7.05 Å². The number of aryl methyl sites for hydroxylation is 2. The number of methoxy groups -OCH3 is 1. The summed E-state index contributed by atoms with van der Waals surface area (Å²) in [5.74, 6) is 0.572. The van der Waals surface area contributed by atoms with Gasteiger partial charge in [-0.25, -0.2) is 13.2 Å². The SMILES string of the molecule is COc1ccccc1NC(=O)N1CCCN(S(=O)(=O)c2c(C)nn(C)c2C)CC1. The first kappa shape index (κ1) is 21.1. The summed E-state index contributed by atoms with van der Waals surface area (Å²) in [6, 6.07) is 6.89. The third-order valence-corrected chi connectivity index (χ3v) is 7.28. The second-order valence-electron chi connectivity index (χ2n) is 7.00. The number of sulfonamides is 1. The minimum absolute atomic E-state index is 0.232. The first-order chi connectivity index (χ1) is 13.8. The Balaban J connectivity index is 1.72. The molecule has 1 aromatic heterocycles. The van der Waals surface area contributed by atoms with Crippen molar-refractivity contribution < 1.29 is 17.9 Å². The van der Waals surface area contributed by atoms with E-state index in [0.717, 1.165) is 0 Å². The first-order valence-electron chi connectivity index (χ1n) is 9.45. The van der Waals surface area contributed by atoms with Crippen molar-refractivity contribution >= 4 is 21.7 Å². The summed E-state index contributed by atoms with van der Waals surface area (Å²) in [4.78, 5) is 14.6. The average molecular weight is 422 g/mol. The van der Waals surface area contributed by atoms with E-state index in [1.54, 1.807) is 49.7 Å². The zero-order valence-electron chi connectivity index (χ0n) is 17.2. The van der Waals surface area contributed by atoms with Crippen LogP contribution in [0.4, 0.5) is 10.5 Å². The lowest BCUT2D eigenvalue weighted by Gasteiger charge is -2.22. The number of urea groups is 1. The molecule has 29 heavy (non-hydrogen) atoms. The van der Waals surface area contributed by atoms with E-state index in [0.29, 0.717) is 48.9 Å². The van der Waals surface area contributed by atoms with Gasteiger partial charge in [-0.05, 0) is 32.4 Å². The molecule has 2 aromatic rings. The van der Waals surface area contributed by atoms with Crippen LogP contribution >= 0.6 is 0 Å². The van der Waals surface area contributed by atoms with Crippen LogP contribution in [0.25, 0.3) is 0 Å². The monoisotopic (exact) mass is 421 g/mol. The van der Waals surface area contributed by atoms with Gasteiger partial charge in [-0.1, -0.05) is 12.1 Å². The Labute approximate surface area is 171 Å². The molecule has 3 rings (SSSR count). The number of nitrogens with one attached hydrogen (secondary N) is 1. The maximum Gasteiger partial charge on any atom is 0.321 e. The van der Waals surface area contributed by atoms with Crippen LogP contribution in [0.15, 0.2) is 29.2 Å². The second kappa shape index (κ2) is 8.42. The molecule has 0 aliphatic carbocycles. The summed E-state index contributed by atoms with van der Waals surface area (Å²) >= 11 is 0. The molecule has 1 N–H and O–H groups in total. The van der Waals surface area contributed by atoms with Crippen LogP contribution in [0.5, 0.6) is 5.75 Å². The average Bonchev–Trinajstić information content (AvgIpc) is 2.86. The highest BCUT2D eigenvalue weighted by atomic mass is 32.2. The number of rotatable bonds is 4. The van der Waals surface area contributed by atoms with Crippen molar-refractivity contribution in [2.75, 3.05) is 38.6 Å². The van der Waals surface area contributed by atoms with Crippen molar-refractivity contribution in [3.8, 4) is 5.75 Å². The van der Waals surface area contributed by atoms with Gasteiger partial charge < -0.3 is 15.0 Å². The molecule has 0 unspecified atom stereocenters. The predicted octanol–water partition coefficient (Wildman–Crippen LogP) is 1.97. The molecular formula is C19H27N5O4S. The van der Waals surface area contributed by atoms with Gasteiger partial charge >= 0.3 is 6.03 Å². The van der Waals surface area contributed by atoms with Gasteiger partial charge in [-0.3, -0.25) is 4.68 Å². The summed E-state index contributed by atoms with van der Waals surface area (Å²) in [6.07, 6.45) is 0.553. The molecule has 1 saturated heterocycles. The van der Waals surface area contributed by atoms with E-state index in [4.69, 9.17) is 4.74 Å². The first-order valence-corrected chi connectivity index (χ1v) is 10.9. The lowest BCUT2D eigenvalue weighted by atomic mass is 10.3. The van der Waals surface area contributed by atoms with Gasteiger partial charge in [0, 0.05) is 33.2 Å². The van der Waals surface area contributed by atoms with Gasteiger partial charge in [-0.15, -0.1) is 0 Å². The minimum Gasteiger partial charge on any atom is -0.495 e. The molecule has 0 bridgehead atoms. The van der Waals surface area contributed by atoms with Crippen LogP contribution in [0.3, 0.4) is 0 Å². The van der Waals surface area contributed by atoms with Crippen LogP contribution in [0.1, 0.15) is 17.8 Å². The van der Waals surface area contributed by atoms with Gasteiger partial charge in [0.15, 0.2) is 0 Å². The van der Waals surface area contributed by atoms with Crippen LogP contribution in [-0.4, -0.2) is 66.7 Å². The van der Waals surface area contributed by atoms with E-state index < -0.39 is 10.0 Å². The number of benzene rings is 1. The Morgan fingerprint density at radius 1 is 1.14 bits per heavy atom. The molecule has 10 heteroatoms. The molecule has 1 aromatic carbocycles. The maximum atomic E-state index is 13.2. The van der Waals surface area contributed by atoms with Gasteiger partial charge in [-0.2, -0.15) is 9.40 Å². The van der Waals surface area contributed by atoms with Gasteiger partial charge in [0.25, 0.3) is 0 Å². The quantitative estimate of drug-likeness (QED) is 0.814. The zero-order valence-corrected chi connectivity index (χ0v) is 18.0. The summed E-state index contributed by atoms with van der Waals surface area (Å²) in [6.45, 7) is 4.81. The number of para-hydroxylation sites is 2. The Kier molecular flexibility index (Phi) is 6.13. The zero-order chi connectivity index (χ0) is 21.2. The lowest BCUT2D eigenvalue weighted by molar-refractivity contribution is 0.214. The van der Waals surface area contributed by atoms with Crippen molar-refractivity contribution in [1.29, 1.82) is 0 Å². The lowest BCUT2D eigenvalue weighted by Crippen LogP contribution is -2.39. The van der Waals surface area contributed by atoms with E-state index in [1.807, 2.05) is 12.1 Å². The summed E-state index contributed by atoms with van der Waals surface area (Å²) in [7, 11) is -0.399. The highest BCUT2D eigenvalue weighted by molar-refractivity contribution is 7.89. The molecule has 0 atom stereocenters. The van der Waals surface area contributed by atoms with Gasteiger partial charge in [0.2, 0.25) is 10.0 Å². The van der Waals surface area contributed by atoms with E-state index in [9.17, 15) is 13.2 Å². The molecule has 0 radical (unpaired) electrons. The molecular weight excluding hydrogens is 394 g/mol. The van der Waals surface area contributed by atoms with Crippen molar-refractivity contribution in [3.05, 3.63) is 35.7 Å².